The molecule has 0 saturated carbocycles. The molecular weight excluding hydrogens is 296 g/mol. The lowest BCUT2D eigenvalue weighted by Crippen LogP contribution is -2.12. The number of anilines is 1. The fourth-order valence-corrected chi connectivity index (χ4v) is 3.24. The predicted molar refractivity (Wildman–Crippen MR) is 88.2 cm³/mol. The number of para-hydroxylation sites is 1. The average molecular weight is 312 g/mol. The first kappa shape index (κ1) is 14.5. The number of aryl methyl sites for hydroxylation is 2. The molecule has 0 aliphatic heterocycles. The van der Waals surface area contributed by atoms with Gasteiger partial charge < -0.3 is 5.32 Å². The van der Waals surface area contributed by atoms with Gasteiger partial charge in [0.1, 0.15) is 10.7 Å². The first-order valence-electron chi connectivity index (χ1n) is 6.88. The van der Waals surface area contributed by atoms with Crippen LogP contribution in [0.1, 0.15) is 21.9 Å². The predicted octanol–water partition coefficient (Wildman–Crippen LogP) is 3.41. The van der Waals surface area contributed by atoms with Crippen molar-refractivity contribution < 1.29 is 4.79 Å². The normalized spacial score (nSPS) is 10.7. The van der Waals surface area contributed by atoms with E-state index in [9.17, 15) is 4.79 Å². The summed E-state index contributed by atoms with van der Waals surface area (Å²) in [5.41, 5.74) is 4.15. The van der Waals surface area contributed by atoms with Crippen LogP contribution in [0.5, 0.6) is 0 Å². The third-order valence-corrected chi connectivity index (χ3v) is 4.35. The number of hydrogen-bond donors (Lipinski definition) is 1. The summed E-state index contributed by atoms with van der Waals surface area (Å²) in [6, 6.07) is 9.36. The van der Waals surface area contributed by atoms with Crippen LogP contribution in [0.25, 0.3) is 10.6 Å². The third-order valence-electron chi connectivity index (χ3n) is 3.49. The Morgan fingerprint density at radius 2 is 1.95 bits per heavy atom. The zero-order valence-electron chi connectivity index (χ0n) is 12.6. The van der Waals surface area contributed by atoms with Crippen LogP contribution in [0.4, 0.5) is 5.69 Å². The maximum absolute atomic E-state index is 12.2. The molecule has 0 aliphatic rings. The smallest absolute Gasteiger partial charge is 0.275 e. The second kappa shape index (κ2) is 5.73. The van der Waals surface area contributed by atoms with E-state index in [1.54, 1.807) is 5.38 Å². The summed E-state index contributed by atoms with van der Waals surface area (Å²) in [5.74, 6) is -0.201. The lowest BCUT2D eigenvalue weighted by Gasteiger charge is -2.02. The van der Waals surface area contributed by atoms with Crippen LogP contribution in [0.2, 0.25) is 0 Å². The highest BCUT2D eigenvalue weighted by molar-refractivity contribution is 7.13. The Labute approximate surface area is 132 Å². The quantitative estimate of drug-likeness (QED) is 0.806. The maximum Gasteiger partial charge on any atom is 0.275 e. The molecule has 6 heteroatoms. The Balaban J connectivity index is 1.86. The van der Waals surface area contributed by atoms with E-state index in [1.807, 2.05) is 55.9 Å². The first-order chi connectivity index (χ1) is 10.6. The Hall–Kier alpha value is -2.47. The SMILES string of the molecule is Cc1nn(C)c(C)c1-c1nc(C(=O)Nc2ccccc2)cs1. The molecule has 0 fully saturated rings. The van der Waals surface area contributed by atoms with E-state index in [-0.39, 0.29) is 5.91 Å². The summed E-state index contributed by atoms with van der Waals surface area (Å²) in [5, 5.41) is 9.83. The largest absolute Gasteiger partial charge is 0.321 e. The van der Waals surface area contributed by atoms with Gasteiger partial charge in [0.15, 0.2) is 0 Å². The van der Waals surface area contributed by atoms with Crippen molar-refractivity contribution in [1.82, 2.24) is 14.8 Å². The number of hydrogen-bond acceptors (Lipinski definition) is 4. The van der Waals surface area contributed by atoms with Gasteiger partial charge in [-0.25, -0.2) is 4.98 Å². The minimum absolute atomic E-state index is 0.201. The first-order valence-corrected chi connectivity index (χ1v) is 7.76. The summed E-state index contributed by atoms with van der Waals surface area (Å²) in [7, 11) is 1.91. The van der Waals surface area contributed by atoms with Crippen LogP contribution < -0.4 is 5.32 Å². The molecule has 5 nitrogen and oxygen atoms in total. The third kappa shape index (κ3) is 2.65. The summed E-state index contributed by atoms with van der Waals surface area (Å²) >= 11 is 1.46. The topological polar surface area (TPSA) is 59.8 Å². The molecule has 1 amide bonds. The molecular formula is C16H16N4OS. The Kier molecular flexibility index (Phi) is 3.77. The molecule has 0 atom stereocenters. The van der Waals surface area contributed by atoms with Gasteiger partial charge >= 0.3 is 0 Å². The van der Waals surface area contributed by atoms with Crippen molar-refractivity contribution in [3.63, 3.8) is 0 Å². The Bertz CT molecular complexity index is 820. The number of nitrogens with zero attached hydrogens (tertiary/aromatic N) is 3. The van der Waals surface area contributed by atoms with E-state index < -0.39 is 0 Å². The van der Waals surface area contributed by atoms with Crippen LogP contribution in [0, 0.1) is 13.8 Å². The zero-order chi connectivity index (χ0) is 15.7. The van der Waals surface area contributed by atoms with E-state index in [1.165, 1.54) is 11.3 Å². The van der Waals surface area contributed by atoms with Crippen molar-refractivity contribution in [1.29, 1.82) is 0 Å². The number of thiazole rings is 1. The van der Waals surface area contributed by atoms with Crippen LogP contribution in [-0.4, -0.2) is 20.7 Å². The molecule has 3 aromatic rings. The van der Waals surface area contributed by atoms with Gasteiger partial charge in [0.2, 0.25) is 0 Å². The van der Waals surface area contributed by atoms with Crippen molar-refractivity contribution in [3.8, 4) is 10.6 Å². The average Bonchev–Trinajstić information content (AvgIpc) is 3.06. The molecule has 1 N–H and O–H groups in total. The second-order valence-electron chi connectivity index (χ2n) is 5.03. The van der Waals surface area contributed by atoms with Gasteiger partial charge in [0.05, 0.1) is 11.3 Å². The second-order valence-corrected chi connectivity index (χ2v) is 5.89. The fourth-order valence-electron chi connectivity index (χ4n) is 2.29. The molecule has 0 unspecified atom stereocenters. The van der Waals surface area contributed by atoms with Gasteiger partial charge in [-0.1, -0.05) is 18.2 Å². The Morgan fingerprint density at radius 3 is 2.59 bits per heavy atom. The van der Waals surface area contributed by atoms with E-state index >= 15 is 0 Å². The van der Waals surface area contributed by atoms with E-state index in [4.69, 9.17) is 0 Å². The number of benzene rings is 1. The van der Waals surface area contributed by atoms with Crippen molar-refractivity contribution in [3.05, 3.63) is 52.8 Å². The number of carbonyl (C=O) groups is 1. The van der Waals surface area contributed by atoms with Crippen LogP contribution >= 0.6 is 11.3 Å². The van der Waals surface area contributed by atoms with E-state index in [2.05, 4.69) is 15.4 Å². The lowest BCUT2D eigenvalue weighted by atomic mass is 10.2. The number of carbonyl (C=O) groups excluding carboxylic acids is 1. The van der Waals surface area contributed by atoms with Crippen LogP contribution in [0.3, 0.4) is 0 Å². The highest BCUT2D eigenvalue weighted by atomic mass is 32.1. The van der Waals surface area contributed by atoms with Crippen molar-refractivity contribution in [2.75, 3.05) is 5.32 Å². The van der Waals surface area contributed by atoms with Crippen LogP contribution in [0.15, 0.2) is 35.7 Å². The van der Waals surface area contributed by atoms with Crippen molar-refractivity contribution in [2.45, 2.75) is 13.8 Å². The van der Waals surface area contributed by atoms with E-state index in [0.717, 1.165) is 27.6 Å². The molecule has 0 radical (unpaired) electrons. The van der Waals surface area contributed by atoms with Crippen molar-refractivity contribution >= 4 is 22.9 Å². The highest BCUT2D eigenvalue weighted by Gasteiger charge is 2.17. The van der Waals surface area contributed by atoms with Gasteiger partial charge in [0.25, 0.3) is 5.91 Å². The molecule has 0 spiro atoms. The molecule has 0 bridgehead atoms. The lowest BCUT2D eigenvalue weighted by molar-refractivity contribution is 0.102. The van der Waals surface area contributed by atoms with Gasteiger partial charge in [-0.3, -0.25) is 9.48 Å². The molecule has 2 aromatic heterocycles. The molecule has 112 valence electrons. The van der Waals surface area contributed by atoms with Gasteiger partial charge in [-0.15, -0.1) is 11.3 Å². The Morgan fingerprint density at radius 1 is 1.23 bits per heavy atom. The number of nitrogens with one attached hydrogen (secondary N) is 1. The van der Waals surface area contributed by atoms with Gasteiger partial charge in [0, 0.05) is 23.8 Å². The van der Waals surface area contributed by atoms with Crippen molar-refractivity contribution in [2.24, 2.45) is 7.05 Å². The monoisotopic (exact) mass is 312 g/mol. The zero-order valence-corrected chi connectivity index (χ0v) is 13.4. The maximum atomic E-state index is 12.2. The summed E-state index contributed by atoms with van der Waals surface area (Å²) in [6.07, 6.45) is 0. The molecule has 3 rings (SSSR count). The molecule has 0 saturated heterocycles. The molecule has 0 aliphatic carbocycles. The molecule has 22 heavy (non-hydrogen) atoms. The summed E-state index contributed by atoms with van der Waals surface area (Å²) in [4.78, 5) is 16.7. The number of rotatable bonds is 3. The summed E-state index contributed by atoms with van der Waals surface area (Å²) in [6.45, 7) is 3.95. The number of aromatic nitrogens is 3. The van der Waals surface area contributed by atoms with Gasteiger partial charge in [-0.2, -0.15) is 5.10 Å². The highest BCUT2D eigenvalue weighted by Crippen LogP contribution is 2.29. The summed E-state index contributed by atoms with van der Waals surface area (Å²) < 4.78 is 1.83. The standard InChI is InChI=1S/C16H16N4OS/c1-10-14(11(2)20(3)19-10)16-18-13(9-22-16)15(21)17-12-7-5-4-6-8-12/h4-9H,1-3H3,(H,17,21). The minimum atomic E-state index is -0.201. The van der Waals surface area contributed by atoms with Crippen LogP contribution in [-0.2, 0) is 7.05 Å². The molecule has 2 heterocycles. The van der Waals surface area contributed by atoms with Gasteiger partial charge in [-0.05, 0) is 26.0 Å². The van der Waals surface area contributed by atoms with E-state index in [0.29, 0.717) is 5.69 Å². The minimum Gasteiger partial charge on any atom is -0.321 e. The molecule has 1 aromatic carbocycles. The number of amides is 1. The fraction of sp³-hybridized carbons (Fsp3) is 0.188.